The number of hydrogen-bond donors (Lipinski definition) is 1. The first kappa shape index (κ1) is 13.1. The third kappa shape index (κ3) is 2.22. The normalized spacial score (nSPS) is 31.2. The summed E-state index contributed by atoms with van der Waals surface area (Å²) in [4.78, 5) is 15.1. The van der Waals surface area contributed by atoms with Crippen molar-refractivity contribution in [2.75, 3.05) is 32.8 Å². The molecular weight excluding hydrogens is 264 g/mol. The summed E-state index contributed by atoms with van der Waals surface area (Å²) in [5.74, 6) is 1.17. The van der Waals surface area contributed by atoms with E-state index in [9.17, 15) is 4.79 Å². The van der Waals surface area contributed by atoms with Gasteiger partial charge in [0.05, 0.1) is 12.5 Å². The SMILES string of the molecule is O=C(C1CCOc2ccccc21)N1CCC2(CCNC2)C1. The molecule has 0 bridgehead atoms. The van der Waals surface area contributed by atoms with Gasteiger partial charge in [0.25, 0.3) is 0 Å². The van der Waals surface area contributed by atoms with Gasteiger partial charge in [-0.25, -0.2) is 0 Å². The lowest BCUT2D eigenvalue weighted by Crippen LogP contribution is -2.37. The van der Waals surface area contributed by atoms with E-state index >= 15 is 0 Å². The highest BCUT2D eigenvalue weighted by Crippen LogP contribution is 2.40. The molecule has 0 radical (unpaired) electrons. The maximum Gasteiger partial charge on any atom is 0.230 e. The highest BCUT2D eigenvalue weighted by molar-refractivity contribution is 5.85. The highest BCUT2D eigenvalue weighted by atomic mass is 16.5. The Balaban J connectivity index is 1.54. The van der Waals surface area contributed by atoms with Crippen LogP contribution < -0.4 is 10.1 Å². The van der Waals surface area contributed by atoms with E-state index in [1.807, 2.05) is 24.3 Å². The number of nitrogens with zero attached hydrogens (tertiary/aromatic N) is 1. The van der Waals surface area contributed by atoms with Gasteiger partial charge in [-0.3, -0.25) is 4.79 Å². The second kappa shape index (κ2) is 5.02. The number of likely N-dealkylation sites (tertiary alicyclic amines) is 1. The van der Waals surface area contributed by atoms with Crippen molar-refractivity contribution in [3.63, 3.8) is 0 Å². The second-order valence-electron chi connectivity index (χ2n) is 6.66. The minimum atomic E-state index is -0.0144. The smallest absolute Gasteiger partial charge is 0.230 e. The molecule has 4 heteroatoms. The molecule has 112 valence electrons. The molecule has 0 saturated carbocycles. The Morgan fingerprint density at radius 2 is 2.24 bits per heavy atom. The summed E-state index contributed by atoms with van der Waals surface area (Å²) in [7, 11) is 0. The Hall–Kier alpha value is -1.55. The van der Waals surface area contributed by atoms with Crippen LogP contribution in [0.5, 0.6) is 5.75 Å². The summed E-state index contributed by atoms with van der Waals surface area (Å²) >= 11 is 0. The maximum atomic E-state index is 13.0. The monoisotopic (exact) mass is 286 g/mol. The molecule has 2 fully saturated rings. The molecule has 0 aromatic heterocycles. The quantitative estimate of drug-likeness (QED) is 0.855. The molecule has 3 aliphatic heterocycles. The third-order valence-electron chi connectivity index (χ3n) is 5.34. The molecule has 2 unspecified atom stereocenters. The molecule has 1 aromatic carbocycles. The predicted molar refractivity (Wildman–Crippen MR) is 80.4 cm³/mol. The van der Waals surface area contributed by atoms with E-state index in [1.54, 1.807) is 0 Å². The first-order chi connectivity index (χ1) is 10.3. The van der Waals surface area contributed by atoms with Crippen LogP contribution in [0.1, 0.15) is 30.7 Å². The standard InChI is InChI=1S/C17H22N2O2/c20-16(19-9-7-17(12-19)6-8-18-11-17)14-5-10-21-15-4-2-1-3-13(14)15/h1-4,14,18H,5-12H2. The molecule has 4 nitrogen and oxygen atoms in total. The van der Waals surface area contributed by atoms with Crippen molar-refractivity contribution in [1.29, 1.82) is 0 Å². The molecular formula is C17H22N2O2. The molecule has 2 saturated heterocycles. The molecule has 1 N–H and O–H groups in total. The lowest BCUT2D eigenvalue weighted by molar-refractivity contribution is -0.132. The zero-order valence-corrected chi connectivity index (χ0v) is 12.3. The first-order valence-electron chi connectivity index (χ1n) is 7.99. The Kier molecular flexibility index (Phi) is 3.14. The highest BCUT2D eigenvalue weighted by Gasteiger charge is 2.43. The number of ether oxygens (including phenoxy) is 1. The van der Waals surface area contributed by atoms with E-state index in [1.165, 1.54) is 6.42 Å². The summed E-state index contributed by atoms with van der Waals surface area (Å²) in [6, 6.07) is 7.99. The summed E-state index contributed by atoms with van der Waals surface area (Å²) in [5, 5.41) is 3.45. The summed E-state index contributed by atoms with van der Waals surface area (Å²) < 4.78 is 5.68. The van der Waals surface area contributed by atoms with Crippen LogP contribution in [0, 0.1) is 5.41 Å². The number of carbonyl (C=O) groups excluding carboxylic acids is 1. The van der Waals surface area contributed by atoms with E-state index in [0.717, 1.165) is 50.3 Å². The number of hydrogen-bond acceptors (Lipinski definition) is 3. The Morgan fingerprint density at radius 3 is 3.10 bits per heavy atom. The number of carbonyl (C=O) groups is 1. The van der Waals surface area contributed by atoms with E-state index in [0.29, 0.717) is 17.9 Å². The van der Waals surface area contributed by atoms with Gasteiger partial charge in [0.2, 0.25) is 5.91 Å². The van der Waals surface area contributed by atoms with E-state index in [-0.39, 0.29) is 5.92 Å². The van der Waals surface area contributed by atoms with Crippen molar-refractivity contribution in [3.05, 3.63) is 29.8 Å². The number of amides is 1. The first-order valence-corrected chi connectivity index (χ1v) is 7.99. The fourth-order valence-corrected chi connectivity index (χ4v) is 4.09. The molecule has 1 aromatic rings. The molecule has 3 heterocycles. The van der Waals surface area contributed by atoms with Crippen LogP contribution in [-0.4, -0.2) is 43.6 Å². The van der Waals surface area contributed by atoms with Gasteiger partial charge in [-0.15, -0.1) is 0 Å². The molecule has 1 spiro atoms. The topological polar surface area (TPSA) is 41.6 Å². The van der Waals surface area contributed by atoms with Gasteiger partial charge in [-0.2, -0.15) is 0 Å². The number of nitrogens with one attached hydrogen (secondary N) is 1. The average molecular weight is 286 g/mol. The number of fused-ring (bicyclic) bond motifs is 1. The zero-order chi connectivity index (χ0) is 14.3. The van der Waals surface area contributed by atoms with E-state index in [2.05, 4.69) is 10.2 Å². The van der Waals surface area contributed by atoms with Crippen LogP contribution in [0.2, 0.25) is 0 Å². The second-order valence-corrected chi connectivity index (χ2v) is 6.66. The van der Waals surface area contributed by atoms with Gasteiger partial charge in [-0.1, -0.05) is 18.2 Å². The molecule has 4 rings (SSSR count). The van der Waals surface area contributed by atoms with Gasteiger partial charge in [0.15, 0.2) is 0 Å². The van der Waals surface area contributed by atoms with E-state index < -0.39 is 0 Å². The molecule has 1 amide bonds. The Labute approximate surface area is 125 Å². The van der Waals surface area contributed by atoms with Gasteiger partial charge >= 0.3 is 0 Å². The Morgan fingerprint density at radius 1 is 1.33 bits per heavy atom. The van der Waals surface area contributed by atoms with Gasteiger partial charge < -0.3 is 15.0 Å². The average Bonchev–Trinajstić information content (AvgIpc) is 3.17. The van der Waals surface area contributed by atoms with Crippen LogP contribution in [0.15, 0.2) is 24.3 Å². The Bertz CT molecular complexity index is 551. The van der Waals surface area contributed by atoms with Crippen molar-refractivity contribution >= 4 is 5.91 Å². The largest absolute Gasteiger partial charge is 0.493 e. The van der Waals surface area contributed by atoms with Crippen LogP contribution in [0.4, 0.5) is 0 Å². The molecule has 2 atom stereocenters. The molecule has 21 heavy (non-hydrogen) atoms. The number of benzene rings is 1. The van der Waals surface area contributed by atoms with Gasteiger partial charge in [0.1, 0.15) is 5.75 Å². The zero-order valence-electron chi connectivity index (χ0n) is 12.3. The van der Waals surface area contributed by atoms with Crippen molar-refractivity contribution in [1.82, 2.24) is 10.2 Å². The van der Waals surface area contributed by atoms with E-state index in [4.69, 9.17) is 4.74 Å². The molecule has 0 aliphatic carbocycles. The minimum Gasteiger partial charge on any atom is -0.493 e. The number of rotatable bonds is 1. The number of para-hydroxylation sites is 1. The summed E-state index contributed by atoms with van der Waals surface area (Å²) in [6.07, 6.45) is 3.16. The van der Waals surface area contributed by atoms with Crippen LogP contribution in [-0.2, 0) is 4.79 Å². The third-order valence-corrected chi connectivity index (χ3v) is 5.34. The molecule has 3 aliphatic rings. The van der Waals surface area contributed by atoms with Crippen molar-refractivity contribution in [2.24, 2.45) is 5.41 Å². The lowest BCUT2D eigenvalue weighted by Gasteiger charge is -2.29. The van der Waals surface area contributed by atoms with Crippen LogP contribution >= 0.6 is 0 Å². The van der Waals surface area contributed by atoms with Crippen LogP contribution in [0.3, 0.4) is 0 Å². The summed E-state index contributed by atoms with van der Waals surface area (Å²) in [5.41, 5.74) is 1.42. The summed E-state index contributed by atoms with van der Waals surface area (Å²) in [6.45, 7) is 4.66. The van der Waals surface area contributed by atoms with Gasteiger partial charge in [0, 0.05) is 30.6 Å². The minimum absolute atomic E-state index is 0.0144. The fourth-order valence-electron chi connectivity index (χ4n) is 4.09. The van der Waals surface area contributed by atoms with Crippen molar-refractivity contribution in [2.45, 2.75) is 25.2 Å². The van der Waals surface area contributed by atoms with Crippen molar-refractivity contribution in [3.8, 4) is 5.75 Å². The predicted octanol–water partition coefficient (Wildman–Crippen LogP) is 1.76. The van der Waals surface area contributed by atoms with Gasteiger partial charge in [-0.05, 0) is 31.9 Å². The fraction of sp³-hybridized carbons (Fsp3) is 0.588. The van der Waals surface area contributed by atoms with Crippen molar-refractivity contribution < 1.29 is 9.53 Å². The maximum absolute atomic E-state index is 13.0. The van der Waals surface area contributed by atoms with Crippen LogP contribution in [0.25, 0.3) is 0 Å². The lowest BCUT2D eigenvalue weighted by atomic mass is 9.86.